The molecule has 2 aromatic rings. The van der Waals surface area contributed by atoms with E-state index >= 15 is 0 Å². The highest BCUT2D eigenvalue weighted by molar-refractivity contribution is 5.80. The van der Waals surface area contributed by atoms with E-state index in [9.17, 15) is 5.11 Å². The van der Waals surface area contributed by atoms with Crippen LogP contribution < -0.4 is 9.64 Å². The topological polar surface area (TPSA) is 35.9 Å². The summed E-state index contributed by atoms with van der Waals surface area (Å²) in [6.07, 6.45) is 1.66. The fraction of sp³-hybridized carbons (Fsp3) is 0.455. The lowest BCUT2D eigenvalue weighted by Crippen LogP contribution is -2.46. The Morgan fingerprint density at radius 2 is 1.77 bits per heavy atom. The van der Waals surface area contributed by atoms with Crippen molar-refractivity contribution in [3.05, 3.63) is 48.0 Å². The Morgan fingerprint density at radius 1 is 1.04 bits per heavy atom. The molecule has 0 radical (unpaired) electrons. The molecule has 0 bridgehead atoms. The van der Waals surface area contributed by atoms with Crippen molar-refractivity contribution in [3.63, 3.8) is 0 Å². The van der Waals surface area contributed by atoms with Crippen LogP contribution in [0.1, 0.15) is 18.9 Å². The lowest BCUT2D eigenvalue weighted by atomic mass is 9.97. The Kier molecular flexibility index (Phi) is 6.53. The number of ether oxygens (including phenoxy) is 1. The molecule has 0 saturated carbocycles. The minimum absolute atomic E-state index is 0.219. The third kappa shape index (κ3) is 4.19. The molecule has 0 aromatic heterocycles. The molecule has 1 N–H and O–H groups in total. The molecule has 1 aliphatic rings. The molecule has 140 valence electrons. The van der Waals surface area contributed by atoms with Crippen molar-refractivity contribution in [2.24, 2.45) is 0 Å². The van der Waals surface area contributed by atoms with Crippen LogP contribution in [0.15, 0.2) is 42.5 Å². The van der Waals surface area contributed by atoms with Gasteiger partial charge in [0.1, 0.15) is 5.75 Å². The number of aliphatic hydroxyl groups excluding tert-OH is 1. The largest absolute Gasteiger partial charge is 0.494 e. The third-order valence-electron chi connectivity index (χ3n) is 5.20. The van der Waals surface area contributed by atoms with Gasteiger partial charge in [-0.2, -0.15) is 0 Å². The van der Waals surface area contributed by atoms with Crippen molar-refractivity contribution in [3.8, 4) is 16.9 Å². The Balaban J connectivity index is 2.01. The molecule has 3 rings (SSSR count). The fourth-order valence-electron chi connectivity index (χ4n) is 3.69. The van der Waals surface area contributed by atoms with Crippen LogP contribution in [0.2, 0.25) is 0 Å². The Bertz CT molecular complexity index is 695. The van der Waals surface area contributed by atoms with Gasteiger partial charge in [0.2, 0.25) is 0 Å². The molecule has 0 amide bonds. The second kappa shape index (κ2) is 9.06. The minimum Gasteiger partial charge on any atom is -0.494 e. The molecule has 0 spiro atoms. The van der Waals surface area contributed by atoms with Gasteiger partial charge in [0.15, 0.2) is 0 Å². The molecule has 1 heterocycles. The predicted octanol–water partition coefficient (Wildman–Crippen LogP) is 3.43. The van der Waals surface area contributed by atoms with E-state index in [1.165, 1.54) is 16.8 Å². The molecule has 26 heavy (non-hydrogen) atoms. The van der Waals surface area contributed by atoms with Crippen LogP contribution in [0.4, 0.5) is 5.69 Å². The molecule has 1 saturated heterocycles. The number of hydrogen-bond donors (Lipinski definition) is 1. The van der Waals surface area contributed by atoms with Crippen LogP contribution in [0, 0.1) is 0 Å². The molecule has 4 nitrogen and oxygen atoms in total. The highest BCUT2D eigenvalue weighted by Gasteiger charge is 2.22. The van der Waals surface area contributed by atoms with Gasteiger partial charge in [-0.15, -0.1) is 0 Å². The first-order valence-electron chi connectivity index (χ1n) is 9.61. The summed E-state index contributed by atoms with van der Waals surface area (Å²) in [4.78, 5) is 4.93. The first-order chi connectivity index (χ1) is 12.8. The molecule has 1 fully saturated rings. The molecule has 1 aliphatic heterocycles. The summed E-state index contributed by atoms with van der Waals surface area (Å²) in [7, 11) is 1.76. The van der Waals surface area contributed by atoms with E-state index in [4.69, 9.17) is 4.74 Å². The SMILES string of the molecule is CCN1CCN(c2cc(CCCO)cc(-c3ccccc3)c2OC)CC1. The fourth-order valence-corrected chi connectivity index (χ4v) is 3.69. The number of aryl methyl sites for hydroxylation is 1. The number of piperazine rings is 1. The molecular weight excluding hydrogens is 324 g/mol. The minimum atomic E-state index is 0.219. The molecule has 0 atom stereocenters. The highest BCUT2D eigenvalue weighted by atomic mass is 16.5. The Morgan fingerprint density at radius 3 is 2.38 bits per heavy atom. The van der Waals surface area contributed by atoms with Gasteiger partial charge in [-0.05, 0) is 42.6 Å². The van der Waals surface area contributed by atoms with Crippen molar-refractivity contribution in [1.82, 2.24) is 4.90 Å². The standard InChI is InChI=1S/C22H30N2O2/c1-3-23-11-13-24(14-12-23)21-17-18(8-7-15-25)16-20(22(21)26-2)19-9-5-4-6-10-19/h4-6,9-10,16-17,25H,3,7-8,11-15H2,1-2H3. The normalized spacial score (nSPS) is 15.3. The zero-order chi connectivity index (χ0) is 18.4. The number of aliphatic hydroxyl groups is 1. The molecule has 4 heteroatoms. The van der Waals surface area contributed by atoms with Crippen molar-refractivity contribution >= 4 is 5.69 Å². The van der Waals surface area contributed by atoms with Crippen LogP contribution in [0.25, 0.3) is 11.1 Å². The average molecular weight is 354 g/mol. The summed E-state index contributed by atoms with van der Waals surface area (Å²) in [6, 6.07) is 14.9. The van der Waals surface area contributed by atoms with Gasteiger partial charge < -0.3 is 19.6 Å². The van der Waals surface area contributed by atoms with E-state index in [-0.39, 0.29) is 6.61 Å². The summed E-state index contributed by atoms with van der Waals surface area (Å²) in [6.45, 7) is 7.75. The lowest BCUT2D eigenvalue weighted by Gasteiger charge is -2.36. The van der Waals surface area contributed by atoms with Crippen LogP contribution >= 0.6 is 0 Å². The molecule has 0 unspecified atom stereocenters. The van der Waals surface area contributed by atoms with E-state index < -0.39 is 0 Å². The molecule has 0 aliphatic carbocycles. The van der Waals surface area contributed by atoms with Crippen molar-refractivity contribution < 1.29 is 9.84 Å². The van der Waals surface area contributed by atoms with Gasteiger partial charge in [0, 0.05) is 38.3 Å². The van der Waals surface area contributed by atoms with Crippen LogP contribution in [0.5, 0.6) is 5.75 Å². The smallest absolute Gasteiger partial charge is 0.149 e. The monoisotopic (exact) mass is 354 g/mol. The molecule has 2 aromatic carbocycles. The van der Waals surface area contributed by atoms with E-state index in [0.717, 1.165) is 56.9 Å². The second-order valence-electron chi connectivity index (χ2n) is 6.81. The maximum absolute atomic E-state index is 9.25. The predicted molar refractivity (Wildman–Crippen MR) is 108 cm³/mol. The summed E-state index contributed by atoms with van der Waals surface area (Å²) in [5.74, 6) is 0.953. The first-order valence-corrected chi connectivity index (χ1v) is 9.61. The van der Waals surface area contributed by atoms with Crippen molar-refractivity contribution in [2.75, 3.05) is 51.3 Å². The van der Waals surface area contributed by atoms with E-state index in [1.807, 2.05) is 6.07 Å². The Hall–Kier alpha value is -2.04. The number of benzene rings is 2. The summed E-state index contributed by atoms with van der Waals surface area (Å²) < 4.78 is 5.89. The summed E-state index contributed by atoms with van der Waals surface area (Å²) in [5.41, 5.74) is 4.74. The number of hydrogen-bond acceptors (Lipinski definition) is 4. The number of anilines is 1. The van der Waals surface area contributed by atoms with Gasteiger partial charge in [-0.3, -0.25) is 0 Å². The quantitative estimate of drug-likeness (QED) is 0.826. The number of likely N-dealkylation sites (N-methyl/N-ethyl adjacent to an activating group) is 1. The van der Waals surface area contributed by atoms with E-state index in [2.05, 4.69) is 53.1 Å². The second-order valence-corrected chi connectivity index (χ2v) is 6.81. The lowest BCUT2D eigenvalue weighted by molar-refractivity contribution is 0.270. The van der Waals surface area contributed by atoms with Gasteiger partial charge >= 0.3 is 0 Å². The molecular formula is C22H30N2O2. The zero-order valence-electron chi connectivity index (χ0n) is 15.9. The van der Waals surface area contributed by atoms with Gasteiger partial charge in [-0.25, -0.2) is 0 Å². The highest BCUT2D eigenvalue weighted by Crippen LogP contribution is 2.40. The average Bonchev–Trinajstić information content (AvgIpc) is 2.72. The zero-order valence-corrected chi connectivity index (χ0v) is 15.9. The number of nitrogens with zero attached hydrogens (tertiary/aromatic N) is 2. The van der Waals surface area contributed by atoms with E-state index in [0.29, 0.717) is 0 Å². The number of rotatable bonds is 7. The van der Waals surface area contributed by atoms with Crippen molar-refractivity contribution in [2.45, 2.75) is 19.8 Å². The van der Waals surface area contributed by atoms with Crippen molar-refractivity contribution in [1.29, 1.82) is 0 Å². The number of methoxy groups -OCH3 is 1. The first kappa shape index (κ1) is 18.7. The van der Waals surface area contributed by atoms with Gasteiger partial charge in [-0.1, -0.05) is 37.3 Å². The maximum Gasteiger partial charge on any atom is 0.149 e. The van der Waals surface area contributed by atoms with Gasteiger partial charge in [0.05, 0.1) is 12.8 Å². The summed E-state index contributed by atoms with van der Waals surface area (Å²) >= 11 is 0. The van der Waals surface area contributed by atoms with Crippen LogP contribution in [-0.4, -0.2) is 56.4 Å². The van der Waals surface area contributed by atoms with Crippen LogP contribution in [0.3, 0.4) is 0 Å². The van der Waals surface area contributed by atoms with Crippen LogP contribution in [-0.2, 0) is 6.42 Å². The Labute approximate surface area is 157 Å². The third-order valence-corrected chi connectivity index (χ3v) is 5.20. The maximum atomic E-state index is 9.25. The van der Waals surface area contributed by atoms with E-state index in [1.54, 1.807) is 7.11 Å². The van der Waals surface area contributed by atoms with Gasteiger partial charge in [0.25, 0.3) is 0 Å². The summed E-state index contributed by atoms with van der Waals surface area (Å²) in [5, 5.41) is 9.25.